The minimum absolute atomic E-state index is 0.265. The quantitative estimate of drug-likeness (QED) is 0.796. The van der Waals surface area contributed by atoms with Crippen molar-refractivity contribution in [1.82, 2.24) is 4.90 Å². The van der Waals surface area contributed by atoms with Crippen LogP contribution in [-0.4, -0.2) is 64.5 Å². The van der Waals surface area contributed by atoms with E-state index in [-0.39, 0.29) is 11.8 Å². The highest BCUT2D eigenvalue weighted by Crippen LogP contribution is 2.26. The smallest absolute Gasteiger partial charge is 0.410 e. The van der Waals surface area contributed by atoms with Crippen LogP contribution in [0.3, 0.4) is 0 Å². The molecule has 146 valence electrons. The zero-order valence-electron chi connectivity index (χ0n) is 15.8. The molecule has 1 aliphatic rings. The Balaban J connectivity index is 2.05. The van der Waals surface area contributed by atoms with Crippen LogP contribution in [0.4, 0.5) is 20.6 Å². The van der Waals surface area contributed by atoms with Crippen molar-refractivity contribution in [3.8, 4) is 0 Å². The van der Waals surface area contributed by atoms with E-state index in [4.69, 9.17) is 4.74 Å². The first-order valence-electron chi connectivity index (χ1n) is 8.35. The van der Waals surface area contributed by atoms with Crippen LogP contribution in [0.1, 0.15) is 20.8 Å². The standard InChI is InChI=1S/C17H26FN3O4S/c1-17(2,3)25-16(22)21-10-8-20(9-11-21)15-7-6-13(12-14(15)18)19(4)26(5,23)24/h6-7,12H,8-11H2,1-5H3. The number of piperazine rings is 1. The van der Waals surface area contributed by atoms with Crippen molar-refractivity contribution in [1.29, 1.82) is 0 Å². The van der Waals surface area contributed by atoms with Crippen LogP contribution in [0.5, 0.6) is 0 Å². The molecule has 0 atom stereocenters. The van der Waals surface area contributed by atoms with Gasteiger partial charge in [-0.1, -0.05) is 0 Å². The lowest BCUT2D eigenvalue weighted by Gasteiger charge is -2.37. The minimum atomic E-state index is -3.45. The van der Waals surface area contributed by atoms with Gasteiger partial charge in [0.1, 0.15) is 11.4 Å². The monoisotopic (exact) mass is 387 g/mol. The van der Waals surface area contributed by atoms with E-state index < -0.39 is 21.4 Å². The molecule has 0 saturated carbocycles. The SMILES string of the molecule is CN(c1ccc(N2CCN(C(=O)OC(C)(C)C)CC2)c(F)c1)S(C)(=O)=O. The highest BCUT2D eigenvalue weighted by Gasteiger charge is 2.27. The highest BCUT2D eigenvalue weighted by atomic mass is 32.2. The Morgan fingerprint density at radius 2 is 1.77 bits per heavy atom. The lowest BCUT2D eigenvalue weighted by atomic mass is 10.2. The summed E-state index contributed by atoms with van der Waals surface area (Å²) in [4.78, 5) is 15.5. The first-order valence-corrected chi connectivity index (χ1v) is 10.2. The zero-order chi connectivity index (χ0) is 19.7. The predicted octanol–water partition coefficient (Wildman–Crippen LogP) is 2.28. The molecule has 0 unspecified atom stereocenters. The molecule has 0 N–H and O–H groups in total. The van der Waals surface area contributed by atoms with Gasteiger partial charge in [-0.3, -0.25) is 4.31 Å². The Kier molecular flexibility index (Phi) is 5.70. The van der Waals surface area contributed by atoms with E-state index in [0.717, 1.165) is 10.6 Å². The number of sulfonamides is 1. The van der Waals surface area contributed by atoms with Crippen molar-refractivity contribution >= 4 is 27.5 Å². The fourth-order valence-corrected chi connectivity index (χ4v) is 3.09. The molecule has 0 aromatic heterocycles. The number of nitrogens with zero attached hydrogens (tertiary/aromatic N) is 3. The molecule has 0 spiro atoms. The predicted molar refractivity (Wildman–Crippen MR) is 99.7 cm³/mol. The molecule has 26 heavy (non-hydrogen) atoms. The second-order valence-corrected chi connectivity index (χ2v) is 9.33. The molecule has 2 rings (SSSR count). The second kappa shape index (κ2) is 7.30. The van der Waals surface area contributed by atoms with Gasteiger partial charge in [0.25, 0.3) is 0 Å². The molecule has 0 radical (unpaired) electrons. The van der Waals surface area contributed by atoms with Crippen LogP contribution in [0.25, 0.3) is 0 Å². The topological polar surface area (TPSA) is 70.2 Å². The van der Waals surface area contributed by atoms with Crippen molar-refractivity contribution in [2.24, 2.45) is 0 Å². The van der Waals surface area contributed by atoms with Crippen LogP contribution in [-0.2, 0) is 14.8 Å². The second-order valence-electron chi connectivity index (χ2n) is 7.32. The average Bonchev–Trinajstić information content (AvgIpc) is 2.51. The molecule has 1 saturated heterocycles. The van der Waals surface area contributed by atoms with Gasteiger partial charge in [-0.2, -0.15) is 0 Å². The average molecular weight is 387 g/mol. The van der Waals surface area contributed by atoms with Gasteiger partial charge >= 0.3 is 6.09 Å². The molecule has 0 aliphatic carbocycles. The molecule has 1 aliphatic heterocycles. The summed E-state index contributed by atoms with van der Waals surface area (Å²) >= 11 is 0. The molecular weight excluding hydrogens is 361 g/mol. The van der Waals surface area contributed by atoms with E-state index in [1.54, 1.807) is 17.0 Å². The number of halogens is 1. The number of benzene rings is 1. The van der Waals surface area contributed by atoms with Crippen LogP contribution in [0.2, 0.25) is 0 Å². The molecule has 1 fully saturated rings. The van der Waals surface area contributed by atoms with Gasteiger partial charge in [0, 0.05) is 39.3 Å². The Morgan fingerprint density at radius 3 is 2.23 bits per heavy atom. The summed E-state index contributed by atoms with van der Waals surface area (Å²) in [6, 6.07) is 4.34. The van der Waals surface area contributed by atoms with Crippen molar-refractivity contribution < 1.29 is 22.3 Å². The van der Waals surface area contributed by atoms with E-state index in [9.17, 15) is 17.6 Å². The molecule has 1 aromatic carbocycles. The third-order valence-electron chi connectivity index (χ3n) is 4.06. The summed E-state index contributed by atoms with van der Waals surface area (Å²) in [7, 11) is -2.07. The number of rotatable bonds is 3. The Morgan fingerprint density at radius 1 is 1.19 bits per heavy atom. The van der Waals surface area contributed by atoms with Crippen molar-refractivity contribution in [2.75, 3.05) is 48.7 Å². The third-order valence-corrected chi connectivity index (χ3v) is 5.27. The van der Waals surface area contributed by atoms with Gasteiger partial charge in [-0.25, -0.2) is 17.6 Å². The van der Waals surface area contributed by atoms with Gasteiger partial charge in [0.05, 0.1) is 17.6 Å². The first-order chi connectivity index (χ1) is 11.9. The van der Waals surface area contributed by atoms with Crippen LogP contribution in [0, 0.1) is 5.82 Å². The van der Waals surface area contributed by atoms with Crippen molar-refractivity contribution in [3.63, 3.8) is 0 Å². The Hall–Kier alpha value is -2.03. The number of hydrogen-bond acceptors (Lipinski definition) is 5. The van der Waals surface area contributed by atoms with E-state index >= 15 is 0 Å². The molecule has 1 aromatic rings. The van der Waals surface area contributed by atoms with Gasteiger partial charge in [0.15, 0.2) is 0 Å². The van der Waals surface area contributed by atoms with E-state index in [0.29, 0.717) is 31.9 Å². The van der Waals surface area contributed by atoms with Crippen molar-refractivity contribution in [3.05, 3.63) is 24.0 Å². The molecule has 7 nitrogen and oxygen atoms in total. The van der Waals surface area contributed by atoms with Crippen LogP contribution in [0.15, 0.2) is 18.2 Å². The largest absolute Gasteiger partial charge is 0.444 e. The number of hydrogen-bond donors (Lipinski definition) is 0. The van der Waals surface area contributed by atoms with Gasteiger partial charge in [-0.05, 0) is 32.9 Å². The normalized spacial score (nSPS) is 15.8. The molecule has 1 amide bonds. The lowest BCUT2D eigenvalue weighted by Crippen LogP contribution is -2.50. The number of anilines is 2. The summed E-state index contributed by atoms with van der Waals surface area (Å²) in [6.07, 6.45) is 0.692. The van der Waals surface area contributed by atoms with Gasteiger partial charge < -0.3 is 14.5 Å². The fourth-order valence-electron chi connectivity index (χ4n) is 2.60. The summed E-state index contributed by atoms with van der Waals surface area (Å²) in [5.74, 6) is -0.497. The number of amides is 1. The summed E-state index contributed by atoms with van der Waals surface area (Å²) in [5.41, 5.74) is 0.0996. The number of ether oxygens (including phenoxy) is 1. The molecule has 0 bridgehead atoms. The summed E-state index contributed by atoms with van der Waals surface area (Å²) < 4.78 is 44.0. The maximum Gasteiger partial charge on any atom is 0.410 e. The summed E-state index contributed by atoms with van der Waals surface area (Å²) in [5, 5.41) is 0. The molecular formula is C17H26FN3O4S. The number of carbonyl (C=O) groups excluding carboxylic acids is 1. The van der Waals surface area contributed by atoms with Gasteiger partial charge in [-0.15, -0.1) is 0 Å². The van der Waals surface area contributed by atoms with E-state index in [2.05, 4.69) is 0 Å². The highest BCUT2D eigenvalue weighted by molar-refractivity contribution is 7.92. The minimum Gasteiger partial charge on any atom is -0.444 e. The molecule has 9 heteroatoms. The van der Waals surface area contributed by atoms with E-state index in [1.807, 2.05) is 25.7 Å². The van der Waals surface area contributed by atoms with Crippen LogP contribution < -0.4 is 9.21 Å². The van der Waals surface area contributed by atoms with E-state index in [1.165, 1.54) is 13.1 Å². The first kappa shape index (κ1) is 20.3. The Labute approximate surface area is 154 Å². The molecule has 1 heterocycles. The van der Waals surface area contributed by atoms with Gasteiger partial charge in [0.2, 0.25) is 10.0 Å². The maximum atomic E-state index is 14.5. The summed E-state index contributed by atoms with van der Waals surface area (Å²) in [6.45, 7) is 7.23. The lowest BCUT2D eigenvalue weighted by molar-refractivity contribution is 0.0240. The van der Waals surface area contributed by atoms with Crippen LogP contribution >= 0.6 is 0 Å². The van der Waals surface area contributed by atoms with Crippen molar-refractivity contribution in [2.45, 2.75) is 26.4 Å². The number of carbonyl (C=O) groups is 1. The Bertz CT molecular complexity index is 769. The maximum absolute atomic E-state index is 14.5. The zero-order valence-corrected chi connectivity index (χ0v) is 16.6. The fraction of sp³-hybridized carbons (Fsp3) is 0.588. The third kappa shape index (κ3) is 5.00.